The molecule has 0 aliphatic carbocycles. The number of alkyl halides is 3. The highest BCUT2D eigenvalue weighted by Crippen LogP contribution is 2.25. The summed E-state index contributed by atoms with van der Waals surface area (Å²) in [5, 5.41) is 3.22. The van der Waals surface area contributed by atoms with E-state index in [1.807, 2.05) is 0 Å². The van der Waals surface area contributed by atoms with Crippen molar-refractivity contribution < 1.29 is 17.9 Å². The van der Waals surface area contributed by atoms with Gasteiger partial charge in [0.05, 0.1) is 25.0 Å². The van der Waals surface area contributed by atoms with Gasteiger partial charge in [-0.05, 0) is 0 Å². The molecule has 1 aliphatic heterocycles. The molecule has 1 heterocycles. The molecule has 0 N–H and O–H groups in total. The molecule has 0 radical (unpaired) electrons. The van der Waals surface area contributed by atoms with E-state index in [1.165, 1.54) is 0 Å². The molecule has 0 saturated carbocycles. The van der Waals surface area contributed by atoms with Crippen molar-refractivity contribution >= 4 is 0 Å². The predicted octanol–water partition coefficient (Wildman–Crippen LogP) is 0.931. The summed E-state index contributed by atoms with van der Waals surface area (Å²) in [5.74, 6) is 0. The van der Waals surface area contributed by atoms with Gasteiger partial charge in [-0.15, -0.1) is 4.91 Å². The van der Waals surface area contributed by atoms with Gasteiger partial charge in [-0.2, -0.15) is 13.2 Å². The molecule has 1 fully saturated rings. The number of nitrogens with zero attached hydrogens (tertiary/aromatic N) is 2. The summed E-state index contributed by atoms with van der Waals surface area (Å²) in [6.45, 7) is -0.501. The third kappa shape index (κ3) is 2.07. The van der Waals surface area contributed by atoms with Gasteiger partial charge in [0.15, 0.2) is 6.10 Å². The zero-order valence-corrected chi connectivity index (χ0v) is 6.04. The molecule has 1 atom stereocenters. The smallest absolute Gasteiger partial charge is 0.365 e. The fourth-order valence-electron chi connectivity index (χ4n) is 0.908. The Balaban J connectivity index is 2.51. The van der Waals surface area contributed by atoms with Crippen molar-refractivity contribution in [2.45, 2.75) is 12.3 Å². The summed E-state index contributed by atoms with van der Waals surface area (Å²) in [5.41, 5.74) is 0. The first-order valence-corrected chi connectivity index (χ1v) is 3.30. The Kier molecular flexibility index (Phi) is 2.51. The second kappa shape index (κ2) is 3.26. The fourth-order valence-corrected chi connectivity index (χ4v) is 0.908. The van der Waals surface area contributed by atoms with Crippen LogP contribution in [0.25, 0.3) is 0 Å². The van der Waals surface area contributed by atoms with Crippen LogP contribution < -0.4 is 0 Å². The van der Waals surface area contributed by atoms with Crippen LogP contribution >= 0.6 is 0 Å². The van der Waals surface area contributed by atoms with Gasteiger partial charge >= 0.3 is 6.18 Å². The van der Waals surface area contributed by atoms with Crippen LogP contribution in [0.1, 0.15) is 0 Å². The first-order chi connectivity index (χ1) is 5.54. The van der Waals surface area contributed by atoms with E-state index in [4.69, 9.17) is 0 Å². The number of halogens is 3. The first kappa shape index (κ1) is 9.24. The Morgan fingerprint density at radius 3 is 2.67 bits per heavy atom. The highest BCUT2D eigenvalue weighted by Gasteiger charge is 2.43. The molecule has 7 heteroatoms. The van der Waals surface area contributed by atoms with Gasteiger partial charge in [0.1, 0.15) is 0 Å². The highest BCUT2D eigenvalue weighted by atomic mass is 19.4. The lowest BCUT2D eigenvalue weighted by molar-refractivity contribution is -0.237. The number of morpholine rings is 1. The van der Waals surface area contributed by atoms with Crippen molar-refractivity contribution in [1.82, 2.24) is 5.01 Å². The molecule has 1 saturated heterocycles. The average Bonchev–Trinajstić information content (AvgIpc) is 2.03. The Morgan fingerprint density at radius 1 is 1.50 bits per heavy atom. The van der Waals surface area contributed by atoms with Crippen molar-refractivity contribution in [3.8, 4) is 0 Å². The second-order valence-corrected chi connectivity index (χ2v) is 2.40. The number of rotatable bonds is 1. The van der Waals surface area contributed by atoms with Crippen LogP contribution in [0.4, 0.5) is 13.2 Å². The van der Waals surface area contributed by atoms with E-state index in [0.717, 1.165) is 5.01 Å². The molecular formula is C5H7F3N2O2. The Hall–Kier alpha value is -0.850. The maximum atomic E-state index is 12.0. The molecule has 1 unspecified atom stereocenters. The standard InChI is InChI=1S/C5H7F3N2O2/c6-5(7,8)4-3-10(9-11)1-2-12-4/h4H,1-3H2. The van der Waals surface area contributed by atoms with Crippen molar-refractivity contribution in [3.63, 3.8) is 0 Å². The molecule has 0 aromatic rings. The molecule has 70 valence electrons. The molecular weight excluding hydrogens is 177 g/mol. The van der Waals surface area contributed by atoms with Crippen LogP contribution in [0.3, 0.4) is 0 Å². The van der Waals surface area contributed by atoms with E-state index >= 15 is 0 Å². The molecule has 0 spiro atoms. The molecule has 0 aromatic carbocycles. The molecule has 1 aliphatic rings. The Labute approximate surface area is 66.2 Å². The summed E-state index contributed by atoms with van der Waals surface area (Å²) < 4.78 is 40.3. The SMILES string of the molecule is O=NN1CCOC(C(F)(F)F)C1. The molecule has 0 aromatic heterocycles. The molecule has 4 nitrogen and oxygen atoms in total. The fraction of sp³-hybridized carbons (Fsp3) is 1.00. The third-order valence-corrected chi connectivity index (χ3v) is 1.53. The van der Waals surface area contributed by atoms with E-state index in [9.17, 15) is 18.1 Å². The third-order valence-electron chi connectivity index (χ3n) is 1.53. The molecule has 0 amide bonds. The van der Waals surface area contributed by atoms with E-state index in [1.54, 1.807) is 0 Å². The lowest BCUT2D eigenvalue weighted by Gasteiger charge is -2.29. The van der Waals surface area contributed by atoms with Crippen LogP contribution in [0, 0.1) is 4.91 Å². The number of hydrogen-bond donors (Lipinski definition) is 0. The van der Waals surface area contributed by atoms with Crippen LogP contribution in [0.15, 0.2) is 5.29 Å². The van der Waals surface area contributed by atoms with Crippen molar-refractivity contribution in [3.05, 3.63) is 4.91 Å². The maximum Gasteiger partial charge on any atom is 0.416 e. The molecule has 12 heavy (non-hydrogen) atoms. The van der Waals surface area contributed by atoms with Crippen LogP contribution in [-0.2, 0) is 4.74 Å². The highest BCUT2D eigenvalue weighted by molar-refractivity contribution is 4.75. The number of nitroso groups, excluding NO2 is 1. The van der Waals surface area contributed by atoms with Crippen LogP contribution in [-0.4, -0.2) is 37.0 Å². The lowest BCUT2D eigenvalue weighted by atomic mass is 10.3. The van der Waals surface area contributed by atoms with Crippen molar-refractivity contribution in [2.75, 3.05) is 19.7 Å². The maximum absolute atomic E-state index is 12.0. The van der Waals surface area contributed by atoms with E-state index < -0.39 is 18.8 Å². The van der Waals surface area contributed by atoms with Gasteiger partial charge in [-0.3, -0.25) is 5.01 Å². The Bertz CT molecular complexity index is 173. The summed E-state index contributed by atoms with van der Waals surface area (Å²) >= 11 is 0. The molecule has 1 rings (SSSR count). The second-order valence-electron chi connectivity index (χ2n) is 2.40. The minimum absolute atomic E-state index is 0.115. The van der Waals surface area contributed by atoms with Gasteiger partial charge in [0.25, 0.3) is 0 Å². The van der Waals surface area contributed by atoms with Crippen molar-refractivity contribution in [2.24, 2.45) is 5.29 Å². The largest absolute Gasteiger partial charge is 0.416 e. The molecule has 0 bridgehead atoms. The summed E-state index contributed by atoms with van der Waals surface area (Å²) in [6.07, 6.45) is -6.30. The normalized spacial score (nSPS) is 25.6. The van der Waals surface area contributed by atoms with Gasteiger partial charge in [-0.25, -0.2) is 0 Å². The van der Waals surface area contributed by atoms with Crippen LogP contribution in [0.5, 0.6) is 0 Å². The quantitative estimate of drug-likeness (QED) is 0.569. The summed E-state index contributed by atoms with van der Waals surface area (Å²) in [6, 6.07) is 0. The summed E-state index contributed by atoms with van der Waals surface area (Å²) in [7, 11) is 0. The van der Waals surface area contributed by atoms with E-state index in [0.29, 0.717) is 0 Å². The van der Waals surface area contributed by atoms with Crippen molar-refractivity contribution in [1.29, 1.82) is 0 Å². The zero-order chi connectivity index (χ0) is 9.19. The predicted molar refractivity (Wildman–Crippen MR) is 33.2 cm³/mol. The lowest BCUT2D eigenvalue weighted by Crippen LogP contribution is -2.46. The van der Waals surface area contributed by atoms with Gasteiger partial charge < -0.3 is 4.74 Å². The monoisotopic (exact) mass is 184 g/mol. The van der Waals surface area contributed by atoms with E-state index in [-0.39, 0.29) is 13.2 Å². The van der Waals surface area contributed by atoms with Crippen LogP contribution in [0.2, 0.25) is 0 Å². The minimum Gasteiger partial charge on any atom is -0.365 e. The topological polar surface area (TPSA) is 41.9 Å². The van der Waals surface area contributed by atoms with Gasteiger partial charge in [0, 0.05) is 0 Å². The number of ether oxygens (including phenoxy) is 1. The summed E-state index contributed by atoms with van der Waals surface area (Å²) in [4.78, 5) is 9.89. The first-order valence-electron chi connectivity index (χ1n) is 3.30. The zero-order valence-electron chi connectivity index (χ0n) is 6.04. The average molecular weight is 184 g/mol. The van der Waals surface area contributed by atoms with E-state index in [2.05, 4.69) is 10.0 Å². The minimum atomic E-state index is -4.41. The Morgan fingerprint density at radius 2 is 2.17 bits per heavy atom. The number of hydrogen-bond acceptors (Lipinski definition) is 3. The van der Waals surface area contributed by atoms with Gasteiger partial charge in [-0.1, -0.05) is 0 Å². The van der Waals surface area contributed by atoms with Gasteiger partial charge in [0.2, 0.25) is 0 Å².